The molecule has 9 nitrogen and oxygen atoms in total. The molecule has 0 aromatic heterocycles. The number of halogens is 1. The van der Waals surface area contributed by atoms with Crippen LogP contribution in [0.25, 0.3) is 0 Å². The minimum Gasteiger partial charge on any atom is -0.507 e. The highest BCUT2D eigenvalue weighted by molar-refractivity contribution is 9.10. The number of carbonyl (C=O) groups is 2. The molecule has 2 heterocycles. The lowest BCUT2D eigenvalue weighted by atomic mass is 10.1. The summed E-state index contributed by atoms with van der Waals surface area (Å²) in [5.74, 6) is 0.373. The molecular weight excluding hydrogens is 536 g/mol. The first-order valence-electron chi connectivity index (χ1n) is 11.6. The van der Waals surface area contributed by atoms with Crippen molar-refractivity contribution in [2.75, 3.05) is 7.05 Å². The zero-order valence-electron chi connectivity index (χ0n) is 20.0. The molecule has 3 aromatic carbocycles. The van der Waals surface area contributed by atoms with Crippen LogP contribution >= 0.6 is 15.9 Å². The van der Waals surface area contributed by atoms with Crippen LogP contribution in [0.3, 0.4) is 0 Å². The molecule has 2 N–H and O–H groups in total. The number of likely N-dealkylation sites (N-methyl/N-ethyl adjacent to an activating group) is 1. The second-order valence-electron chi connectivity index (χ2n) is 8.63. The number of guanidine groups is 1. The molecule has 1 atom stereocenters. The highest BCUT2D eigenvalue weighted by Crippen LogP contribution is 2.23. The predicted molar refractivity (Wildman–Crippen MR) is 145 cm³/mol. The van der Waals surface area contributed by atoms with Crippen molar-refractivity contribution in [3.63, 3.8) is 0 Å². The van der Waals surface area contributed by atoms with Crippen molar-refractivity contribution in [2.24, 2.45) is 5.10 Å². The van der Waals surface area contributed by atoms with E-state index in [2.05, 4.69) is 31.1 Å². The normalized spacial score (nSPS) is 17.2. The summed E-state index contributed by atoms with van der Waals surface area (Å²) in [5.41, 5.74) is 5.23. The maximum atomic E-state index is 13.7. The standard InChI is InChI=1S/C27H23BrN6O3/c1-32-24-23(25(36)34(27(32)37)17-19-10-6-3-7-11-19)33(16-18-8-4-2-5-9-18)26(30-24)31-29-15-20-14-21(28)12-13-22(20)35/h2-15,23H,16-17H2,1H3,(H,29,35)/p+1. The van der Waals surface area contributed by atoms with Crippen molar-refractivity contribution in [3.05, 3.63) is 100 Å². The molecule has 1 fully saturated rings. The zero-order valence-corrected chi connectivity index (χ0v) is 21.5. The van der Waals surface area contributed by atoms with E-state index in [1.54, 1.807) is 30.1 Å². The van der Waals surface area contributed by atoms with E-state index in [4.69, 9.17) is 0 Å². The van der Waals surface area contributed by atoms with Gasteiger partial charge in [0.15, 0.2) is 0 Å². The van der Waals surface area contributed by atoms with Gasteiger partial charge in [0, 0.05) is 10.0 Å². The molecule has 0 saturated carbocycles. The van der Waals surface area contributed by atoms with E-state index in [-0.39, 0.29) is 18.2 Å². The molecule has 0 bridgehead atoms. The fourth-order valence-electron chi connectivity index (χ4n) is 4.25. The Morgan fingerprint density at radius 1 is 1.00 bits per heavy atom. The van der Waals surface area contributed by atoms with Crippen LogP contribution in [-0.2, 0) is 17.9 Å². The van der Waals surface area contributed by atoms with E-state index >= 15 is 0 Å². The molecule has 0 aliphatic carbocycles. The summed E-state index contributed by atoms with van der Waals surface area (Å²) >= 11 is 3.38. The second-order valence-corrected chi connectivity index (χ2v) is 9.55. The van der Waals surface area contributed by atoms with Crippen LogP contribution in [0.2, 0.25) is 0 Å². The number of amidine groups is 1. The summed E-state index contributed by atoms with van der Waals surface area (Å²) < 4.78 is 5.40. The average Bonchev–Trinajstić information content (AvgIpc) is 3.26. The van der Waals surface area contributed by atoms with Gasteiger partial charge in [-0.2, -0.15) is 5.43 Å². The Labute approximate surface area is 222 Å². The largest absolute Gasteiger partial charge is 0.507 e. The number of amides is 3. The summed E-state index contributed by atoms with van der Waals surface area (Å²) in [6, 6.07) is 22.9. The summed E-state index contributed by atoms with van der Waals surface area (Å²) in [4.78, 5) is 31.4. The summed E-state index contributed by atoms with van der Waals surface area (Å²) in [6.45, 7) is 0.528. The lowest BCUT2D eigenvalue weighted by molar-refractivity contribution is -0.132. The maximum Gasteiger partial charge on any atom is 0.421 e. The molecule has 2 aliphatic heterocycles. The average molecular weight is 560 g/mol. The van der Waals surface area contributed by atoms with Crippen LogP contribution in [0, 0.1) is 0 Å². The number of phenolic OH excluding ortho intramolecular Hbond substituents is 1. The molecule has 2 aliphatic rings. The van der Waals surface area contributed by atoms with Gasteiger partial charge in [-0.25, -0.2) is 24.2 Å². The molecule has 3 amide bonds. The number of aromatic hydroxyl groups is 1. The van der Waals surface area contributed by atoms with Gasteiger partial charge < -0.3 is 5.11 Å². The van der Waals surface area contributed by atoms with E-state index in [9.17, 15) is 14.7 Å². The van der Waals surface area contributed by atoms with Crippen molar-refractivity contribution in [1.29, 1.82) is 0 Å². The van der Waals surface area contributed by atoms with E-state index < -0.39 is 12.1 Å². The molecule has 1 unspecified atom stereocenters. The Kier molecular flexibility index (Phi) is 6.76. The van der Waals surface area contributed by atoms with Gasteiger partial charge in [-0.1, -0.05) is 76.6 Å². The Balaban J connectivity index is 1.46. The third-order valence-corrected chi connectivity index (χ3v) is 6.64. The molecule has 1 saturated heterocycles. The van der Waals surface area contributed by atoms with Gasteiger partial charge in [0.2, 0.25) is 6.04 Å². The Morgan fingerprint density at radius 2 is 1.65 bits per heavy atom. The molecule has 0 radical (unpaired) electrons. The molecule has 37 heavy (non-hydrogen) atoms. The third kappa shape index (κ3) is 4.97. The van der Waals surface area contributed by atoms with Crippen LogP contribution in [0.5, 0.6) is 5.75 Å². The molecule has 3 aromatic rings. The lowest BCUT2D eigenvalue weighted by Gasteiger charge is -2.34. The first-order valence-corrected chi connectivity index (χ1v) is 12.4. The maximum absolute atomic E-state index is 13.7. The van der Waals surface area contributed by atoms with Crippen LogP contribution in [0.4, 0.5) is 4.79 Å². The lowest BCUT2D eigenvalue weighted by Crippen LogP contribution is -2.64. The number of nitrogens with zero attached hydrogens (tertiary/aromatic N) is 5. The Bertz CT molecular complexity index is 1440. The predicted octanol–water partition coefficient (Wildman–Crippen LogP) is 2.88. The molecule has 5 rings (SSSR count). The SMILES string of the molecule is CN1C(=O)N(Cc2ccccc2)C(=O)C2C1=[N+]=C(N/N=C/c1cc(Br)ccc1O)N2Cc1ccccc1. The number of carbonyl (C=O) groups excluding carboxylic acids is 2. The molecule has 10 heteroatoms. The number of hydrogen-bond acceptors (Lipinski definition) is 6. The topological polar surface area (TPSA) is 103 Å². The second kappa shape index (κ2) is 10.3. The summed E-state index contributed by atoms with van der Waals surface area (Å²) in [7, 11) is 1.62. The molecule has 0 spiro atoms. The van der Waals surface area contributed by atoms with Gasteiger partial charge in [0.25, 0.3) is 5.91 Å². The Hall–Kier alpha value is -4.40. The highest BCUT2D eigenvalue weighted by Gasteiger charge is 2.55. The van der Waals surface area contributed by atoms with Gasteiger partial charge in [-0.05, 0) is 29.3 Å². The van der Waals surface area contributed by atoms with Crippen LogP contribution in [-0.4, -0.2) is 62.8 Å². The first-order chi connectivity index (χ1) is 17.9. The van der Waals surface area contributed by atoms with Crippen molar-refractivity contribution in [2.45, 2.75) is 19.1 Å². The minimum atomic E-state index is -0.802. The van der Waals surface area contributed by atoms with Gasteiger partial charge in [-0.3, -0.25) is 4.79 Å². The monoisotopic (exact) mass is 559 g/mol. The van der Waals surface area contributed by atoms with Crippen LogP contribution < -0.4 is 10.1 Å². The van der Waals surface area contributed by atoms with Crippen molar-refractivity contribution in [1.82, 2.24) is 24.8 Å². The first kappa shape index (κ1) is 24.3. The number of phenols is 1. The summed E-state index contributed by atoms with van der Waals surface area (Å²) in [6.07, 6.45) is 1.47. The Morgan fingerprint density at radius 3 is 2.32 bits per heavy atom. The van der Waals surface area contributed by atoms with Gasteiger partial charge >= 0.3 is 17.8 Å². The van der Waals surface area contributed by atoms with E-state index in [1.165, 1.54) is 16.0 Å². The fraction of sp³-hybridized carbons (Fsp3) is 0.148. The number of urea groups is 1. The van der Waals surface area contributed by atoms with E-state index in [0.717, 1.165) is 15.6 Å². The highest BCUT2D eigenvalue weighted by atomic mass is 79.9. The van der Waals surface area contributed by atoms with Gasteiger partial charge in [0.1, 0.15) is 5.75 Å². The number of nitrogens with one attached hydrogen (secondary N) is 1. The summed E-state index contributed by atoms with van der Waals surface area (Å²) in [5, 5.41) is 14.4. The third-order valence-electron chi connectivity index (χ3n) is 6.15. The van der Waals surface area contributed by atoms with Crippen molar-refractivity contribution >= 4 is 45.9 Å². The molecular formula is C27H24BrN6O3+. The minimum absolute atomic E-state index is 0.0726. The number of hydrogen-bond donors (Lipinski definition) is 2. The van der Waals surface area contributed by atoms with E-state index in [1.807, 2.05) is 60.7 Å². The number of imide groups is 1. The van der Waals surface area contributed by atoms with Crippen LogP contribution in [0.15, 0.2) is 88.4 Å². The fourth-order valence-corrected chi connectivity index (χ4v) is 4.63. The van der Waals surface area contributed by atoms with Gasteiger partial charge in [0.05, 0.1) is 26.4 Å². The number of benzene rings is 3. The smallest absolute Gasteiger partial charge is 0.421 e. The van der Waals surface area contributed by atoms with Crippen molar-refractivity contribution < 1.29 is 14.7 Å². The number of hydrazone groups is 1. The van der Waals surface area contributed by atoms with E-state index in [0.29, 0.717) is 23.9 Å². The van der Waals surface area contributed by atoms with Gasteiger partial charge in [-0.15, -0.1) is 5.10 Å². The quantitative estimate of drug-likeness (QED) is 0.274. The zero-order chi connectivity index (χ0) is 25.9. The van der Waals surface area contributed by atoms with Crippen molar-refractivity contribution in [3.8, 4) is 5.75 Å². The van der Waals surface area contributed by atoms with Crippen LogP contribution in [0.1, 0.15) is 16.7 Å². The number of rotatable bonds is 6. The number of fused-ring (bicyclic) bond motifs is 1. The molecule has 186 valence electrons.